The van der Waals surface area contributed by atoms with Crippen molar-refractivity contribution in [1.29, 1.82) is 0 Å². The molecule has 0 fully saturated rings. The lowest BCUT2D eigenvalue weighted by Crippen LogP contribution is -2.40. The van der Waals surface area contributed by atoms with Crippen molar-refractivity contribution in [2.45, 2.75) is 53.6 Å². The number of aliphatic hydroxyl groups excluding tert-OH is 1. The second-order valence-corrected chi connectivity index (χ2v) is 7.26. The average Bonchev–Trinajstić information content (AvgIpc) is 2.63. The fourth-order valence-electron chi connectivity index (χ4n) is 4.21. The Bertz CT molecular complexity index is 664. The number of aryl methyl sites for hydroxylation is 1. The maximum Gasteiger partial charge on any atom is 0.225 e. The first kappa shape index (κ1) is 20.5. The predicted octanol–water partition coefficient (Wildman–Crippen LogP) is 3.97. The van der Waals surface area contributed by atoms with Crippen LogP contribution >= 0.6 is 0 Å². The van der Waals surface area contributed by atoms with E-state index in [9.17, 15) is 9.90 Å². The van der Waals surface area contributed by atoms with Crippen molar-refractivity contribution in [2.75, 3.05) is 19.7 Å². The fraction of sp³-hybridized carbons (Fsp3) is 0.591. The van der Waals surface area contributed by atoms with Crippen LogP contribution in [-0.2, 0) is 11.2 Å². The zero-order chi connectivity index (χ0) is 19.4. The molecule has 0 radical (unpaired) electrons. The molecule has 0 aliphatic heterocycles. The lowest BCUT2D eigenvalue weighted by molar-refractivity contribution is -0.138. The normalized spacial score (nSPS) is 20.2. The molecular formula is C22H33NO3. The summed E-state index contributed by atoms with van der Waals surface area (Å²) in [7, 11) is 0. The van der Waals surface area contributed by atoms with E-state index in [-0.39, 0.29) is 17.7 Å². The van der Waals surface area contributed by atoms with E-state index in [2.05, 4.69) is 19.6 Å². The first-order valence-electron chi connectivity index (χ1n) is 9.70. The Morgan fingerprint density at radius 3 is 2.65 bits per heavy atom. The first-order chi connectivity index (χ1) is 12.4. The third-order valence-electron chi connectivity index (χ3n) is 5.81. The molecule has 0 heterocycles. The number of rotatable bonds is 7. The van der Waals surface area contributed by atoms with Gasteiger partial charge in [0.05, 0.1) is 6.10 Å². The average molecular weight is 360 g/mol. The molecule has 4 nitrogen and oxygen atoms in total. The molecule has 1 aliphatic carbocycles. The van der Waals surface area contributed by atoms with Crippen molar-refractivity contribution in [3.05, 3.63) is 41.0 Å². The molecule has 0 saturated heterocycles. The SMILES string of the molecule is C=CCOc1cc(C)c2c(c1C)[C@H](O)C([C@H](C)C(=O)N(CC)CC)CC2. The number of hydrogen-bond acceptors (Lipinski definition) is 3. The van der Waals surface area contributed by atoms with Gasteiger partial charge in [-0.05, 0) is 68.9 Å². The van der Waals surface area contributed by atoms with Crippen LogP contribution in [0.2, 0.25) is 0 Å². The molecule has 1 N–H and O–H groups in total. The van der Waals surface area contributed by atoms with Gasteiger partial charge in [-0.2, -0.15) is 0 Å². The van der Waals surface area contributed by atoms with E-state index in [0.717, 1.165) is 35.3 Å². The van der Waals surface area contributed by atoms with E-state index in [1.54, 1.807) is 6.08 Å². The molecule has 1 aromatic rings. The maximum atomic E-state index is 12.8. The van der Waals surface area contributed by atoms with E-state index < -0.39 is 6.10 Å². The molecule has 1 unspecified atom stereocenters. The quantitative estimate of drug-likeness (QED) is 0.750. The minimum Gasteiger partial charge on any atom is -0.489 e. The summed E-state index contributed by atoms with van der Waals surface area (Å²) in [6.07, 6.45) is 2.80. The second kappa shape index (κ2) is 8.72. The minimum absolute atomic E-state index is 0.0663. The van der Waals surface area contributed by atoms with E-state index in [4.69, 9.17) is 4.74 Å². The van der Waals surface area contributed by atoms with Crippen LogP contribution in [-0.4, -0.2) is 35.6 Å². The smallest absolute Gasteiger partial charge is 0.225 e. The molecule has 144 valence electrons. The highest BCUT2D eigenvalue weighted by Crippen LogP contribution is 2.44. The van der Waals surface area contributed by atoms with Gasteiger partial charge in [0.2, 0.25) is 5.91 Å². The van der Waals surface area contributed by atoms with Crippen molar-refractivity contribution in [2.24, 2.45) is 11.8 Å². The predicted molar refractivity (Wildman–Crippen MR) is 105 cm³/mol. The zero-order valence-electron chi connectivity index (χ0n) is 16.8. The molecule has 4 heteroatoms. The van der Waals surface area contributed by atoms with Crippen LogP contribution < -0.4 is 4.74 Å². The Hall–Kier alpha value is -1.81. The van der Waals surface area contributed by atoms with Crippen LogP contribution in [0.4, 0.5) is 0 Å². The Labute approximate surface area is 157 Å². The molecule has 0 bridgehead atoms. The number of carbonyl (C=O) groups excluding carboxylic acids is 1. The van der Waals surface area contributed by atoms with E-state index >= 15 is 0 Å². The molecule has 0 spiro atoms. The molecule has 3 atom stereocenters. The fourth-order valence-corrected chi connectivity index (χ4v) is 4.21. The van der Waals surface area contributed by atoms with E-state index in [1.165, 1.54) is 5.56 Å². The van der Waals surface area contributed by atoms with Crippen LogP contribution in [0.3, 0.4) is 0 Å². The molecule has 0 saturated carbocycles. The maximum absolute atomic E-state index is 12.8. The van der Waals surface area contributed by atoms with Crippen molar-refractivity contribution < 1.29 is 14.6 Å². The second-order valence-electron chi connectivity index (χ2n) is 7.26. The molecule has 1 aliphatic rings. The Morgan fingerprint density at radius 1 is 1.42 bits per heavy atom. The highest BCUT2D eigenvalue weighted by Gasteiger charge is 2.38. The van der Waals surface area contributed by atoms with Crippen LogP contribution in [0.5, 0.6) is 5.75 Å². The van der Waals surface area contributed by atoms with Crippen molar-refractivity contribution in [1.82, 2.24) is 4.90 Å². The zero-order valence-corrected chi connectivity index (χ0v) is 16.8. The van der Waals surface area contributed by atoms with Gasteiger partial charge in [-0.3, -0.25) is 4.79 Å². The third kappa shape index (κ3) is 3.80. The van der Waals surface area contributed by atoms with Gasteiger partial charge in [-0.1, -0.05) is 19.6 Å². The Balaban J connectivity index is 2.36. The van der Waals surface area contributed by atoms with Gasteiger partial charge in [-0.15, -0.1) is 0 Å². The Kier molecular flexibility index (Phi) is 6.87. The summed E-state index contributed by atoms with van der Waals surface area (Å²) in [5, 5.41) is 11.2. The van der Waals surface area contributed by atoms with Gasteiger partial charge in [0.15, 0.2) is 0 Å². The summed E-state index contributed by atoms with van der Waals surface area (Å²) in [6.45, 7) is 15.6. The van der Waals surface area contributed by atoms with Gasteiger partial charge in [0.25, 0.3) is 0 Å². The van der Waals surface area contributed by atoms with Gasteiger partial charge in [0, 0.05) is 24.9 Å². The monoisotopic (exact) mass is 359 g/mol. The number of benzene rings is 1. The topological polar surface area (TPSA) is 49.8 Å². The van der Waals surface area contributed by atoms with Crippen LogP contribution in [0.25, 0.3) is 0 Å². The molecule has 1 aromatic carbocycles. The summed E-state index contributed by atoms with van der Waals surface area (Å²) in [4.78, 5) is 14.7. The van der Waals surface area contributed by atoms with Crippen molar-refractivity contribution in [3.8, 4) is 5.75 Å². The highest BCUT2D eigenvalue weighted by atomic mass is 16.5. The number of aliphatic hydroxyl groups is 1. The first-order valence-corrected chi connectivity index (χ1v) is 9.70. The van der Waals surface area contributed by atoms with Gasteiger partial charge in [-0.25, -0.2) is 0 Å². The summed E-state index contributed by atoms with van der Waals surface area (Å²) >= 11 is 0. The summed E-state index contributed by atoms with van der Waals surface area (Å²) < 4.78 is 5.79. The minimum atomic E-state index is -0.640. The number of fused-ring (bicyclic) bond motifs is 1. The van der Waals surface area contributed by atoms with Crippen molar-refractivity contribution >= 4 is 5.91 Å². The lowest BCUT2D eigenvalue weighted by Gasteiger charge is -2.37. The highest BCUT2D eigenvalue weighted by molar-refractivity contribution is 5.79. The number of carbonyl (C=O) groups is 1. The largest absolute Gasteiger partial charge is 0.489 e. The summed E-state index contributed by atoms with van der Waals surface area (Å²) in [5.74, 6) is 0.665. The lowest BCUT2D eigenvalue weighted by atomic mass is 9.72. The third-order valence-corrected chi connectivity index (χ3v) is 5.81. The van der Waals surface area contributed by atoms with Gasteiger partial charge in [0.1, 0.15) is 12.4 Å². The number of hydrogen-bond donors (Lipinski definition) is 1. The number of ether oxygens (including phenoxy) is 1. The summed E-state index contributed by atoms with van der Waals surface area (Å²) in [6, 6.07) is 2.05. The standard InChI is InChI=1S/C22H33NO3/c1-7-12-26-19-13-14(4)17-10-11-18(21(24)20(17)16(19)6)15(5)22(25)23(8-2)9-3/h7,13,15,18,21,24H,1,8-12H2,2-6H3/t15-,18?,21+/m0/s1. The van der Waals surface area contributed by atoms with Crippen LogP contribution in [0.15, 0.2) is 18.7 Å². The Morgan fingerprint density at radius 2 is 2.08 bits per heavy atom. The van der Waals surface area contributed by atoms with Gasteiger partial charge < -0.3 is 14.7 Å². The van der Waals surface area contributed by atoms with E-state index in [0.29, 0.717) is 19.7 Å². The number of amides is 1. The van der Waals surface area contributed by atoms with Crippen LogP contribution in [0, 0.1) is 25.7 Å². The van der Waals surface area contributed by atoms with Gasteiger partial charge >= 0.3 is 0 Å². The molecule has 0 aromatic heterocycles. The molecule has 1 amide bonds. The van der Waals surface area contributed by atoms with Crippen LogP contribution in [0.1, 0.15) is 55.5 Å². The van der Waals surface area contributed by atoms with E-state index in [1.807, 2.05) is 32.6 Å². The molecular weight excluding hydrogens is 326 g/mol. The molecule has 26 heavy (non-hydrogen) atoms. The molecule has 2 rings (SSSR count). The number of nitrogens with zero attached hydrogens (tertiary/aromatic N) is 1. The van der Waals surface area contributed by atoms with Crippen molar-refractivity contribution in [3.63, 3.8) is 0 Å². The summed E-state index contributed by atoms with van der Waals surface area (Å²) in [5.41, 5.74) is 4.29.